The van der Waals surface area contributed by atoms with Crippen LogP contribution < -0.4 is 5.73 Å². The van der Waals surface area contributed by atoms with Crippen LogP contribution in [0.2, 0.25) is 0 Å². The summed E-state index contributed by atoms with van der Waals surface area (Å²) in [5.41, 5.74) is 6.04. The zero-order valence-corrected chi connectivity index (χ0v) is 14.0. The lowest BCUT2D eigenvalue weighted by molar-refractivity contribution is -0.133. The maximum atomic E-state index is 12.4. The van der Waals surface area contributed by atoms with Gasteiger partial charge in [0.1, 0.15) is 0 Å². The second-order valence-corrected chi connectivity index (χ2v) is 6.21. The van der Waals surface area contributed by atoms with Crippen LogP contribution in [0.15, 0.2) is 22.8 Å². The molecule has 0 spiro atoms. The molecule has 2 atom stereocenters. The van der Waals surface area contributed by atoms with E-state index in [0.717, 1.165) is 19.3 Å². The van der Waals surface area contributed by atoms with Crippen LogP contribution in [0.5, 0.6) is 0 Å². The number of hydrogen-bond donors (Lipinski definition) is 1. The summed E-state index contributed by atoms with van der Waals surface area (Å²) in [5.74, 6) is 0.759. The van der Waals surface area contributed by atoms with E-state index in [4.69, 9.17) is 10.2 Å². The Morgan fingerprint density at radius 3 is 2.43 bits per heavy atom. The first kappa shape index (κ1) is 17.8. The van der Waals surface area contributed by atoms with Gasteiger partial charge >= 0.3 is 0 Å². The Morgan fingerprint density at radius 1 is 1.17 bits per heavy atom. The second kappa shape index (κ2) is 7.84. The number of piperazine rings is 1. The summed E-state index contributed by atoms with van der Waals surface area (Å²) in [6.45, 7) is 2.30. The average molecular weight is 342 g/mol. The van der Waals surface area contributed by atoms with Crippen LogP contribution in [0.4, 0.5) is 0 Å². The number of nitrogens with zero attached hydrogens (tertiary/aromatic N) is 2. The third kappa shape index (κ3) is 4.06. The smallest absolute Gasteiger partial charge is 0.289 e. The van der Waals surface area contributed by atoms with Crippen molar-refractivity contribution in [1.29, 1.82) is 0 Å². The number of carbonyl (C=O) groups excluding carboxylic acids is 2. The molecule has 1 saturated heterocycles. The summed E-state index contributed by atoms with van der Waals surface area (Å²) in [7, 11) is 0. The standard InChI is InChI=1S/C16H23N3O3.ClH/c17-13-4-1-3-12(13)11-15(20)18-6-8-19(9-7-18)16(21)14-5-2-10-22-14;/h2,5,10,12-13H,1,3-4,6-9,11,17H2;1H/t12-,13+;/m0./s1. The summed E-state index contributed by atoms with van der Waals surface area (Å²) in [5, 5.41) is 0. The van der Waals surface area contributed by atoms with Gasteiger partial charge in [-0.2, -0.15) is 0 Å². The molecule has 1 aromatic heterocycles. The van der Waals surface area contributed by atoms with Crippen molar-refractivity contribution in [1.82, 2.24) is 9.80 Å². The molecule has 1 aliphatic heterocycles. The molecule has 2 fully saturated rings. The molecule has 3 rings (SSSR count). The van der Waals surface area contributed by atoms with Crippen LogP contribution in [0.25, 0.3) is 0 Å². The van der Waals surface area contributed by atoms with Crippen LogP contribution in [0.3, 0.4) is 0 Å². The van der Waals surface area contributed by atoms with E-state index < -0.39 is 0 Å². The van der Waals surface area contributed by atoms with Crippen molar-refractivity contribution >= 4 is 24.2 Å². The molecule has 2 aliphatic rings. The van der Waals surface area contributed by atoms with Crippen LogP contribution in [-0.2, 0) is 4.79 Å². The Bertz CT molecular complexity index is 527. The number of halogens is 1. The molecule has 2 amide bonds. The Balaban J connectivity index is 0.00000192. The first-order valence-corrected chi connectivity index (χ1v) is 8.01. The van der Waals surface area contributed by atoms with Gasteiger partial charge in [0.15, 0.2) is 5.76 Å². The molecular weight excluding hydrogens is 318 g/mol. The van der Waals surface area contributed by atoms with Gasteiger partial charge in [-0.15, -0.1) is 12.4 Å². The van der Waals surface area contributed by atoms with Gasteiger partial charge in [0.2, 0.25) is 5.91 Å². The predicted octanol–water partition coefficient (Wildman–Crippen LogP) is 1.50. The van der Waals surface area contributed by atoms with Gasteiger partial charge < -0.3 is 20.0 Å². The highest BCUT2D eigenvalue weighted by Gasteiger charge is 2.30. The largest absolute Gasteiger partial charge is 0.459 e. The Kier molecular flexibility index (Phi) is 6.07. The minimum absolute atomic E-state index is 0. The molecule has 128 valence electrons. The van der Waals surface area contributed by atoms with E-state index in [1.807, 2.05) is 4.90 Å². The molecule has 0 bridgehead atoms. The average Bonchev–Trinajstić information content (AvgIpc) is 3.19. The van der Waals surface area contributed by atoms with Crippen molar-refractivity contribution in [2.45, 2.75) is 31.7 Å². The molecule has 0 aromatic carbocycles. The molecule has 0 unspecified atom stereocenters. The van der Waals surface area contributed by atoms with Crippen molar-refractivity contribution in [3.63, 3.8) is 0 Å². The molecule has 1 aromatic rings. The van der Waals surface area contributed by atoms with Crippen molar-refractivity contribution in [3.05, 3.63) is 24.2 Å². The van der Waals surface area contributed by atoms with Gasteiger partial charge in [0, 0.05) is 38.6 Å². The van der Waals surface area contributed by atoms with Crippen molar-refractivity contribution < 1.29 is 14.0 Å². The van der Waals surface area contributed by atoms with Gasteiger partial charge in [0.25, 0.3) is 5.91 Å². The van der Waals surface area contributed by atoms with E-state index in [-0.39, 0.29) is 30.3 Å². The maximum Gasteiger partial charge on any atom is 0.289 e. The van der Waals surface area contributed by atoms with E-state index >= 15 is 0 Å². The number of furan rings is 1. The number of hydrogen-bond acceptors (Lipinski definition) is 4. The summed E-state index contributed by atoms with van der Waals surface area (Å²) in [4.78, 5) is 28.1. The third-order valence-corrected chi connectivity index (χ3v) is 4.81. The van der Waals surface area contributed by atoms with Gasteiger partial charge in [-0.05, 0) is 30.9 Å². The summed E-state index contributed by atoms with van der Waals surface area (Å²) in [6, 6.07) is 3.55. The third-order valence-electron chi connectivity index (χ3n) is 4.81. The van der Waals surface area contributed by atoms with Crippen molar-refractivity contribution in [3.8, 4) is 0 Å². The molecule has 6 nitrogen and oxygen atoms in total. The number of amides is 2. The van der Waals surface area contributed by atoms with Gasteiger partial charge in [0.05, 0.1) is 6.26 Å². The first-order valence-electron chi connectivity index (χ1n) is 8.01. The second-order valence-electron chi connectivity index (χ2n) is 6.21. The quantitative estimate of drug-likeness (QED) is 0.903. The molecule has 0 radical (unpaired) electrons. The van der Waals surface area contributed by atoms with Crippen molar-refractivity contribution in [2.75, 3.05) is 26.2 Å². The Morgan fingerprint density at radius 2 is 1.87 bits per heavy atom. The number of rotatable bonds is 3. The van der Waals surface area contributed by atoms with E-state index in [9.17, 15) is 9.59 Å². The van der Waals surface area contributed by atoms with Gasteiger partial charge in [-0.3, -0.25) is 9.59 Å². The van der Waals surface area contributed by atoms with Gasteiger partial charge in [-0.25, -0.2) is 0 Å². The zero-order chi connectivity index (χ0) is 15.5. The summed E-state index contributed by atoms with van der Waals surface area (Å²) >= 11 is 0. The summed E-state index contributed by atoms with van der Waals surface area (Å²) < 4.78 is 5.14. The normalized spacial score (nSPS) is 24.4. The Labute approximate surface area is 142 Å². The number of nitrogens with two attached hydrogens (primary N) is 1. The van der Waals surface area contributed by atoms with Crippen LogP contribution in [0, 0.1) is 5.92 Å². The molecular formula is C16H24ClN3O3. The molecule has 1 aliphatic carbocycles. The van der Waals surface area contributed by atoms with Crippen molar-refractivity contribution in [2.24, 2.45) is 11.7 Å². The minimum atomic E-state index is -0.102. The molecule has 1 saturated carbocycles. The van der Waals surface area contributed by atoms with Crippen LogP contribution in [0.1, 0.15) is 36.2 Å². The summed E-state index contributed by atoms with van der Waals surface area (Å²) in [6.07, 6.45) is 5.27. The molecule has 23 heavy (non-hydrogen) atoms. The molecule has 2 N–H and O–H groups in total. The lowest BCUT2D eigenvalue weighted by atomic mass is 9.99. The highest BCUT2D eigenvalue weighted by Crippen LogP contribution is 2.27. The SMILES string of the molecule is Cl.N[C@@H]1CCC[C@H]1CC(=O)N1CCN(C(=O)c2ccco2)CC1. The van der Waals surface area contributed by atoms with E-state index in [1.54, 1.807) is 17.0 Å². The monoisotopic (exact) mass is 341 g/mol. The minimum Gasteiger partial charge on any atom is -0.459 e. The lowest BCUT2D eigenvalue weighted by Crippen LogP contribution is -2.51. The Hall–Kier alpha value is -1.53. The highest BCUT2D eigenvalue weighted by molar-refractivity contribution is 5.91. The van der Waals surface area contributed by atoms with Gasteiger partial charge in [-0.1, -0.05) is 6.42 Å². The van der Waals surface area contributed by atoms with Crippen LogP contribution >= 0.6 is 12.4 Å². The number of carbonyl (C=O) groups is 2. The molecule has 7 heteroatoms. The van der Waals surface area contributed by atoms with E-state index in [1.165, 1.54) is 6.26 Å². The zero-order valence-electron chi connectivity index (χ0n) is 13.1. The molecule has 2 heterocycles. The predicted molar refractivity (Wildman–Crippen MR) is 88.4 cm³/mol. The highest BCUT2D eigenvalue weighted by atomic mass is 35.5. The lowest BCUT2D eigenvalue weighted by Gasteiger charge is -2.35. The fraction of sp³-hybridized carbons (Fsp3) is 0.625. The van der Waals surface area contributed by atoms with E-state index in [2.05, 4.69) is 0 Å². The fourth-order valence-electron chi connectivity index (χ4n) is 3.39. The fourth-order valence-corrected chi connectivity index (χ4v) is 3.39. The van der Waals surface area contributed by atoms with Crippen LogP contribution in [-0.4, -0.2) is 53.8 Å². The van der Waals surface area contributed by atoms with E-state index in [0.29, 0.717) is 44.3 Å². The topological polar surface area (TPSA) is 79.8 Å². The maximum absolute atomic E-state index is 12.4. The first-order chi connectivity index (χ1) is 10.6.